The van der Waals surface area contributed by atoms with Gasteiger partial charge < -0.3 is 10.4 Å². The van der Waals surface area contributed by atoms with Gasteiger partial charge in [0.2, 0.25) is 0 Å². The minimum atomic E-state index is -0.400. The summed E-state index contributed by atoms with van der Waals surface area (Å²) in [4.78, 5) is 10.7. The van der Waals surface area contributed by atoms with Crippen LogP contribution in [-0.2, 0) is 4.79 Å². The minimum absolute atomic E-state index is 0.00861. The molecule has 64 valence electrons. The largest absolute Gasteiger partial charge is 0.396 e. The Bertz CT molecular complexity index is 239. The molecule has 0 spiro atoms. The molecule has 0 fully saturated rings. The third-order valence-electron chi connectivity index (χ3n) is 1.85. The van der Waals surface area contributed by atoms with Crippen LogP contribution in [0.4, 0.5) is 0 Å². The van der Waals surface area contributed by atoms with Crippen molar-refractivity contribution in [1.82, 2.24) is 5.32 Å². The maximum Gasteiger partial charge on any atom is 0.296 e. The third kappa shape index (κ3) is 2.11. The number of amides is 1. The fourth-order valence-electron chi connectivity index (χ4n) is 1.23. The van der Waals surface area contributed by atoms with Crippen LogP contribution in [0.5, 0.6) is 0 Å². The molecular weight excluding hydrogens is 154 g/mol. The van der Waals surface area contributed by atoms with E-state index in [4.69, 9.17) is 11.5 Å². The van der Waals surface area contributed by atoms with Crippen LogP contribution < -0.4 is 5.32 Å². The molecule has 0 aromatic rings. The lowest BCUT2D eigenvalue weighted by atomic mass is 10.1. The Morgan fingerprint density at radius 1 is 1.75 bits per heavy atom. The second-order valence-electron chi connectivity index (χ2n) is 2.79. The first-order valence-electron chi connectivity index (χ1n) is 3.82. The van der Waals surface area contributed by atoms with Crippen molar-refractivity contribution in [3.05, 3.63) is 12.2 Å². The van der Waals surface area contributed by atoms with Gasteiger partial charge in [-0.2, -0.15) is 0 Å². The summed E-state index contributed by atoms with van der Waals surface area (Å²) in [5, 5.41) is 11.4. The smallest absolute Gasteiger partial charge is 0.296 e. The predicted molar refractivity (Wildman–Crippen MR) is 45.1 cm³/mol. The second-order valence-corrected chi connectivity index (χ2v) is 2.79. The lowest BCUT2D eigenvalue weighted by molar-refractivity contribution is -0.116. The summed E-state index contributed by atoms with van der Waals surface area (Å²) in [6, 6.07) is -0.00861. The molecule has 2 N–H and O–H groups in total. The third-order valence-corrected chi connectivity index (χ3v) is 1.85. The second kappa shape index (κ2) is 3.93. The lowest BCUT2D eigenvalue weighted by Gasteiger charge is -2.09. The average Bonchev–Trinajstić information content (AvgIpc) is 2.52. The Balaban J connectivity index is 2.35. The van der Waals surface area contributed by atoms with Crippen molar-refractivity contribution in [2.45, 2.75) is 12.5 Å². The minimum Gasteiger partial charge on any atom is -0.396 e. The van der Waals surface area contributed by atoms with E-state index in [2.05, 4.69) is 5.32 Å². The molecule has 1 aliphatic rings. The summed E-state index contributed by atoms with van der Waals surface area (Å²) < 4.78 is 0. The van der Waals surface area contributed by atoms with E-state index in [-0.39, 0.29) is 18.6 Å². The summed E-state index contributed by atoms with van der Waals surface area (Å²) in [6.45, 7) is 0.124. The maximum atomic E-state index is 10.7. The SMILES string of the molecule is C#CC(=O)N[C@@H]1C=C[C@H](CO)C1. The van der Waals surface area contributed by atoms with Crippen molar-refractivity contribution in [1.29, 1.82) is 0 Å². The van der Waals surface area contributed by atoms with Crippen LogP contribution in [0.15, 0.2) is 12.2 Å². The van der Waals surface area contributed by atoms with Crippen molar-refractivity contribution in [2.24, 2.45) is 5.92 Å². The highest BCUT2D eigenvalue weighted by Gasteiger charge is 2.18. The molecule has 0 unspecified atom stereocenters. The van der Waals surface area contributed by atoms with Gasteiger partial charge >= 0.3 is 0 Å². The molecule has 12 heavy (non-hydrogen) atoms. The van der Waals surface area contributed by atoms with Gasteiger partial charge in [-0.15, -0.1) is 6.42 Å². The molecule has 1 amide bonds. The molecule has 0 saturated heterocycles. The van der Waals surface area contributed by atoms with Crippen LogP contribution in [0.1, 0.15) is 6.42 Å². The van der Waals surface area contributed by atoms with E-state index in [9.17, 15) is 4.79 Å². The molecular formula is C9H11NO2. The Hall–Kier alpha value is -1.27. The van der Waals surface area contributed by atoms with E-state index in [1.165, 1.54) is 0 Å². The van der Waals surface area contributed by atoms with Gasteiger partial charge in [0.05, 0.1) is 0 Å². The summed E-state index contributed by atoms with van der Waals surface area (Å²) in [5.74, 6) is 1.74. The first-order valence-corrected chi connectivity index (χ1v) is 3.82. The van der Waals surface area contributed by atoms with Crippen LogP contribution in [0.25, 0.3) is 0 Å². The summed E-state index contributed by atoms with van der Waals surface area (Å²) in [7, 11) is 0. The zero-order chi connectivity index (χ0) is 8.97. The Morgan fingerprint density at radius 2 is 2.50 bits per heavy atom. The number of rotatable bonds is 2. The van der Waals surface area contributed by atoms with Gasteiger partial charge in [0, 0.05) is 18.6 Å². The maximum absolute atomic E-state index is 10.7. The monoisotopic (exact) mass is 165 g/mol. The molecule has 2 atom stereocenters. The van der Waals surface area contributed by atoms with Gasteiger partial charge in [0.15, 0.2) is 0 Å². The highest BCUT2D eigenvalue weighted by atomic mass is 16.3. The number of nitrogens with one attached hydrogen (secondary N) is 1. The first kappa shape index (κ1) is 8.82. The molecule has 0 bridgehead atoms. The summed E-state index contributed by atoms with van der Waals surface area (Å²) in [6.07, 6.45) is 9.37. The fraction of sp³-hybridized carbons (Fsp3) is 0.444. The molecule has 3 heteroatoms. The Kier molecular flexibility index (Phi) is 2.89. The first-order chi connectivity index (χ1) is 5.76. The lowest BCUT2D eigenvalue weighted by Crippen LogP contribution is -2.31. The molecule has 0 saturated carbocycles. The number of hydrogen-bond acceptors (Lipinski definition) is 2. The van der Waals surface area contributed by atoms with Crippen LogP contribution in [0, 0.1) is 18.3 Å². The standard InChI is InChI=1S/C9H11NO2/c1-2-9(12)10-8-4-3-7(5-8)6-11/h1,3-4,7-8,11H,5-6H2,(H,10,12)/t7-,8+/m0/s1. The van der Waals surface area contributed by atoms with Gasteiger partial charge in [-0.25, -0.2) is 0 Å². The normalized spacial score (nSPS) is 26.7. The molecule has 0 radical (unpaired) electrons. The molecule has 0 heterocycles. The van der Waals surface area contributed by atoms with Gasteiger partial charge in [-0.3, -0.25) is 4.79 Å². The molecule has 0 aliphatic heterocycles. The van der Waals surface area contributed by atoms with Gasteiger partial charge in [-0.05, 0) is 12.3 Å². The van der Waals surface area contributed by atoms with Gasteiger partial charge in [-0.1, -0.05) is 12.2 Å². The fourth-order valence-corrected chi connectivity index (χ4v) is 1.23. The number of aliphatic hydroxyl groups is 1. The van der Waals surface area contributed by atoms with E-state index >= 15 is 0 Å². The highest BCUT2D eigenvalue weighted by Crippen LogP contribution is 2.16. The van der Waals surface area contributed by atoms with Crippen molar-refractivity contribution in [3.63, 3.8) is 0 Å². The predicted octanol–water partition coefficient (Wildman–Crippen LogP) is -0.327. The molecule has 3 nitrogen and oxygen atoms in total. The van der Waals surface area contributed by atoms with Crippen LogP contribution >= 0.6 is 0 Å². The van der Waals surface area contributed by atoms with Gasteiger partial charge in [0.1, 0.15) is 0 Å². The number of terminal acetylenes is 1. The summed E-state index contributed by atoms with van der Waals surface area (Å²) in [5.41, 5.74) is 0. The van der Waals surface area contributed by atoms with Crippen LogP contribution in [0.3, 0.4) is 0 Å². The molecule has 0 aromatic heterocycles. The average molecular weight is 165 g/mol. The molecule has 1 aliphatic carbocycles. The topological polar surface area (TPSA) is 49.3 Å². The van der Waals surface area contributed by atoms with E-state index in [0.29, 0.717) is 0 Å². The Morgan fingerprint density at radius 3 is 3.00 bits per heavy atom. The van der Waals surface area contributed by atoms with Gasteiger partial charge in [0.25, 0.3) is 5.91 Å². The van der Waals surface area contributed by atoms with Crippen molar-refractivity contribution in [3.8, 4) is 12.3 Å². The zero-order valence-electron chi connectivity index (χ0n) is 6.66. The number of carbonyl (C=O) groups excluding carboxylic acids is 1. The number of hydrogen-bond donors (Lipinski definition) is 2. The van der Waals surface area contributed by atoms with E-state index < -0.39 is 5.91 Å². The van der Waals surface area contributed by atoms with Crippen LogP contribution in [-0.4, -0.2) is 23.7 Å². The number of carbonyl (C=O) groups is 1. The number of aliphatic hydroxyl groups excluding tert-OH is 1. The van der Waals surface area contributed by atoms with Crippen molar-refractivity contribution >= 4 is 5.91 Å². The van der Waals surface area contributed by atoms with E-state index in [1.54, 1.807) is 0 Å². The highest BCUT2D eigenvalue weighted by molar-refractivity contribution is 5.93. The van der Waals surface area contributed by atoms with E-state index in [0.717, 1.165) is 6.42 Å². The molecule has 0 aromatic carbocycles. The van der Waals surface area contributed by atoms with Crippen molar-refractivity contribution < 1.29 is 9.90 Å². The zero-order valence-corrected chi connectivity index (χ0v) is 6.66. The summed E-state index contributed by atoms with van der Waals surface area (Å²) >= 11 is 0. The van der Waals surface area contributed by atoms with E-state index in [1.807, 2.05) is 18.1 Å². The quantitative estimate of drug-likeness (QED) is 0.435. The van der Waals surface area contributed by atoms with Crippen molar-refractivity contribution in [2.75, 3.05) is 6.61 Å². The molecule has 1 rings (SSSR count). The Labute approximate surface area is 71.5 Å². The van der Waals surface area contributed by atoms with Crippen LogP contribution in [0.2, 0.25) is 0 Å².